The van der Waals surface area contributed by atoms with E-state index in [0.29, 0.717) is 11.3 Å². The summed E-state index contributed by atoms with van der Waals surface area (Å²) in [4.78, 5) is 25.4. The second-order valence-corrected chi connectivity index (χ2v) is 5.17. The van der Waals surface area contributed by atoms with Gasteiger partial charge >= 0.3 is 5.00 Å². The zero-order valence-corrected chi connectivity index (χ0v) is 11.5. The lowest BCUT2D eigenvalue weighted by Gasteiger charge is -2.04. The van der Waals surface area contributed by atoms with Crippen LogP contribution in [0.5, 0.6) is 0 Å². The fourth-order valence-corrected chi connectivity index (χ4v) is 2.43. The lowest BCUT2D eigenvalue weighted by Crippen LogP contribution is -2.14. The molecule has 0 saturated carbocycles. The highest BCUT2D eigenvalue weighted by molar-refractivity contribution is 9.10. The Kier molecular flexibility index (Phi) is 3.86. The molecular weight excluding hydrogens is 341 g/mol. The van der Waals surface area contributed by atoms with Crippen LogP contribution in [0.15, 0.2) is 28.9 Å². The molecule has 1 aromatic carbocycles. The lowest BCUT2D eigenvalue weighted by atomic mass is 10.2. The monoisotopic (exact) mass is 345 g/mol. The number of nitrogens with one attached hydrogen (secondary N) is 1. The van der Waals surface area contributed by atoms with Crippen molar-refractivity contribution >= 4 is 43.3 Å². The topological polar surface area (TPSA) is 85.1 Å². The third-order valence-electron chi connectivity index (χ3n) is 2.08. The number of rotatable bonds is 3. The summed E-state index contributed by atoms with van der Waals surface area (Å²) in [5, 5.41) is 12.6. The first kappa shape index (κ1) is 13.6. The molecule has 1 N–H and O–H groups in total. The van der Waals surface area contributed by atoms with E-state index in [4.69, 9.17) is 0 Å². The molecule has 2 aromatic rings. The molecule has 9 heteroatoms. The molecular formula is C10H5BrFN3O3S. The number of thiazole rings is 1. The van der Waals surface area contributed by atoms with Gasteiger partial charge in [0.1, 0.15) is 12.0 Å². The van der Waals surface area contributed by atoms with Gasteiger partial charge in [0, 0.05) is 4.47 Å². The van der Waals surface area contributed by atoms with Crippen LogP contribution in [-0.2, 0) is 0 Å². The van der Waals surface area contributed by atoms with Crippen LogP contribution in [0.2, 0.25) is 0 Å². The maximum Gasteiger partial charge on any atom is 0.345 e. The molecule has 0 aliphatic rings. The van der Waals surface area contributed by atoms with E-state index in [1.807, 2.05) is 0 Å². The number of benzene rings is 1. The van der Waals surface area contributed by atoms with Crippen molar-refractivity contribution in [3.8, 4) is 0 Å². The fraction of sp³-hybridized carbons (Fsp3) is 0. The largest absolute Gasteiger partial charge is 0.345 e. The van der Waals surface area contributed by atoms with Gasteiger partial charge in [-0.1, -0.05) is 6.07 Å². The second kappa shape index (κ2) is 5.41. The number of carbonyl (C=O) groups excluding carboxylic acids is 1. The number of nitro groups is 1. The molecule has 0 radical (unpaired) electrons. The van der Waals surface area contributed by atoms with Gasteiger partial charge in [0.25, 0.3) is 5.91 Å². The molecule has 0 aliphatic heterocycles. The Bertz CT molecular complexity index is 641. The summed E-state index contributed by atoms with van der Waals surface area (Å²) in [7, 11) is 0. The molecule has 6 nitrogen and oxygen atoms in total. The molecule has 19 heavy (non-hydrogen) atoms. The summed E-state index contributed by atoms with van der Waals surface area (Å²) in [6, 6.07) is 4.11. The van der Waals surface area contributed by atoms with Crippen LogP contribution in [0.1, 0.15) is 10.4 Å². The van der Waals surface area contributed by atoms with Gasteiger partial charge in [-0.15, -0.1) is 0 Å². The highest BCUT2D eigenvalue weighted by Gasteiger charge is 2.18. The summed E-state index contributed by atoms with van der Waals surface area (Å²) < 4.78 is 13.8. The van der Waals surface area contributed by atoms with E-state index in [2.05, 4.69) is 26.2 Å². The summed E-state index contributed by atoms with van der Waals surface area (Å²) >= 11 is 3.76. The molecule has 1 aromatic heterocycles. The maximum absolute atomic E-state index is 13.5. The average Bonchev–Trinajstić information content (AvgIpc) is 2.77. The quantitative estimate of drug-likeness (QED) is 0.683. The van der Waals surface area contributed by atoms with E-state index in [-0.39, 0.29) is 20.2 Å². The number of hydrogen-bond acceptors (Lipinski definition) is 5. The van der Waals surface area contributed by atoms with Crippen LogP contribution < -0.4 is 5.32 Å². The Morgan fingerprint density at radius 2 is 2.26 bits per heavy atom. The van der Waals surface area contributed by atoms with Crippen LogP contribution in [0.4, 0.5) is 14.5 Å². The third kappa shape index (κ3) is 2.93. The molecule has 0 atom stereocenters. The Morgan fingerprint density at radius 3 is 2.84 bits per heavy atom. The Balaban J connectivity index is 2.23. The van der Waals surface area contributed by atoms with E-state index in [9.17, 15) is 19.3 Å². The van der Waals surface area contributed by atoms with Gasteiger partial charge in [0.2, 0.25) is 0 Å². The average molecular weight is 346 g/mol. The van der Waals surface area contributed by atoms with E-state index >= 15 is 0 Å². The van der Waals surface area contributed by atoms with Crippen molar-refractivity contribution in [1.82, 2.24) is 4.98 Å². The van der Waals surface area contributed by atoms with Crippen LogP contribution in [0.3, 0.4) is 0 Å². The van der Waals surface area contributed by atoms with Gasteiger partial charge in [-0.3, -0.25) is 20.2 Å². The van der Waals surface area contributed by atoms with Crippen molar-refractivity contribution in [3.63, 3.8) is 0 Å². The predicted molar refractivity (Wildman–Crippen MR) is 70.8 cm³/mol. The van der Waals surface area contributed by atoms with Crippen molar-refractivity contribution < 1.29 is 14.1 Å². The molecule has 0 fully saturated rings. The fourth-order valence-electron chi connectivity index (χ4n) is 1.28. The molecule has 1 heterocycles. The van der Waals surface area contributed by atoms with Crippen molar-refractivity contribution in [1.29, 1.82) is 0 Å². The molecule has 0 unspecified atom stereocenters. The number of hydrogen-bond donors (Lipinski definition) is 1. The number of carbonyl (C=O) groups is 1. The van der Waals surface area contributed by atoms with Crippen molar-refractivity contribution in [2.75, 3.05) is 5.32 Å². The van der Waals surface area contributed by atoms with Gasteiger partial charge < -0.3 is 0 Å². The van der Waals surface area contributed by atoms with Crippen molar-refractivity contribution in [3.05, 3.63) is 50.4 Å². The Morgan fingerprint density at radius 1 is 1.53 bits per heavy atom. The minimum atomic E-state index is -0.728. The molecule has 1 amide bonds. The van der Waals surface area contributed by atoms with Crippen LogP contribution in [-0.4, -0.2) is 15.8 Å². The zero-order chi connectivity index (χ0) is 14.0. The minimum Gasteiger partial charge on any atom is -0.298 e. The van der Waals surface area contributed by atoms with Gasteiger partial charge in [-0.2, -0.15) is 0 Å². The summed E-state index contributed by atoms with van der Waals surface area (Å²) in [6.07, 6.45) is 1.02. The molecule has 98 valence electrons. The maximum atomic E-state index is 13.5. The number of amides is 1. The van der Waals surface area contributed by atoms with Crippen LogP contribution in [0.25, 0.3) is 0 Å². The first-order valence-electron chi connectivity index (χ1n) is 4.84. The van der Waals surface area contributed by atoms with Crippen LogP contribution >= 0.6 is 27.3 Å². The normalized spacial score (nSPS) is 10.2. The lowest BCUT2D eigenvalue weighted by molar-refractivity contribution is -0.380. The first-order valence-corrected chi connectivity index (χ1v) is 6.45. The predicted octanol–water partition coefficient (Wildman–Crippen LogP) is 3.21. The zero-order valence-electron chi connectivity index (χ0n) is 9.09. The van der Waals surface area contributed by atoms with Gasteiger partial charge in [0.05, 0.1) is 10.5 Å². The Labute approximate surface area is 118 Å². The molecule has 0 spiro atoms. The number of anilines is 1. The summed E-state index contributed by atoms with van der Waals surface area (Å²) in [6.45, 7) is 0. The van der Waals surface area contributed by atoms with Crippen LogP contribution in [0, 0.1) is 15.9 Å². The van der Waals surface area contributed by atoms with Crippen molar-refractivity contribution in [2.24, 2.45) is 0 Å². The van der Waals surface area contributed by atoms with E-state index in [1.165, 1.54) is 12.1 Å². The van der Waals surface area contributed by atoms with E-state index in [1.54, 1.807) is 0 Å². The molecule has 0 saturated heterocycles. The van der Waals surface area contributed by atoms with Gasteiger partial charge in [0.15, 0.2) is 5.13 Å². The minimum absolute atomic E-state index is 0.0341. The summed E-state index contributed by atoms with van der Waals surface area (Å²) in [5.74, 6) is -1.42. The number of nitrogens with zero attached hydrogens (tertiary/aromatic N) is 2. The number of aromatic nitrogens is 1. The SMILES string of the molecule is O=C(Nc1ncc([N+](=O)[O-])s1)c1c(F)cccc1Br. The van der Waals surface area contributed by atoms with E-state index in [0.717, 1.165) is 12.3 Å². The highest BCUT2D eigenvalue weighted by atomic mass is 79.9. The van der Waals surface area contributed by atoms with Crippen molar-refractivity contribution in [2.45, 2.75) is 0 Å². The highest BCUT2D eigenvalue weighted by Crippen LogP contribution is 2.26. The number of halogens is 2. The molecule has 2 rings (SSSR count). The first-order chi connectivity index (χ1) is 8.99. The summed E-state index contributed by atoms with van der Waals surface area (Å²) in [5.41, 5.74) is -0.180. The Hall–Kier alpha value is -1.87. The van der Waals surface area contributed by atoms with Gasteiger partial charge in [-0.05, 0) is 39.4 Å². The van der Waals surface area contributed by atoms with Gasteiger partial charge in [-0.25, -0.2) is 9.37 Å². The van der Waals surface area contributed by atoms with E-state index < -0.39 is 16.6 Å². The standard InChI is InChI=1S/C10H5BrFN3O3S/c11-5-2-1-3-6(12)8(5)9(16)14-10-13-4-7(19-10)15(17)18/h1-4H,(H,13,14,16). The second-order valence-electron chi connectivity index (χ2n) is 3.31. The molecule has 0 bridgehead atoms. The smallest absolute Gasteiger partial charge is 0.298 e. The third-order valence-corrected chi connectivity index (χ3v) is 3.61. The molecule has 0 aliphatic carbocycles.